The molecule has 1 atom stereocenters. The van der Waals surface area contributed by atoms with Gasteiger partial charge in [-0.1, -0.05) is 71.6 Å². The zero-order valence-corrected chi connectivity index (χ0v) is 13.8. The van der Waals surface area contributed by atoms with Crippen molar-refractivity contribution in [1.29, 1.82) is 0 Å². The highest BCUT2D eigenvalue weighted by molar-refractivity contribution is 7.58. The summed E-state index contributed by atoms with van der Waals surface area (Å²) >= 11 is 0. The first-order valence-corrected chi connectivity index (χ1v) is 10.4. The molecule has 1 unspecified atom stereocenters. The highest BCUT2D eigenvalue weighted by Crippen LogP contribution is 2.48. The summed E-state index contributed by atoms with van der Waals surface area (Å²) in [5, 5.41) is 0. The predicted octanol–water partition coefficient (Wildman–Crippen LogP) is 6.57. The first-order valence-electron chi connectivity index (χ1n) is 8.62. The van der Waals surface area contributed by atoms with E-state index in [1.54, 1.807) is 25.2 Å². The molecule has 1 aliphatic rings. The lowest BCUT2D eigenvalue weighted by Crippen LogP contribution is -2.13. The van der Waals surface area contributed by atoms with Gasteiger partial charge in [0.2, 0.25) is 0 Å². The molecule has 0 heterocycles. The molecule has 0 nitrogen and oxygen atoms in total. The summed E-state index contributed by atoms with van der Waals surface area (Å²) < 4.78 is 0. The second-order valence-corrected chi connectivity index (χ2v) is 8.90. The molecule has 0 spiro atoms. The van der Waals surface area contributed by atoms with Gasteiger partial charge in [0.25, 0.3) is 0 Å². The van der Waals surface area contributed by atoms with E-state index in [2.05, 4.69) is 13.8 Å². The zero-order valence-electron chi connectivity index (χ0n) is 12.9. The predicted molar refractivity (Wildman–Crippen MR) is 87.2 cm³/mol. The monoisotopic (exact) mass is 270 g/mol. The van der Waals surface area contributed by atoms with Gasteiger partial charge in [-0.2, -0.15) is 0 Å². The Morgan fingerprint density at radius 3 is 2.06 bits per heavy atom. The van der Waals surface area contributed by atoms with E-state index in [0.717, 1.165) is 5.66 Å². The van der Waals surface area contributed by atoms with Gasteiger partial charge in [-0.25, -0.2) is 0 Å². The Kier molecular flexibility index (Phi) is 10.3. The van der Waals surface area contributed by atoms with E-state index in [0.29, 0.717) is 7.92 Å². The first-order chi connectivity index (χ1) is 8.88. The average molecular weight is 270 g/mol. The molecule has 0 aromatic heterocycles. The summed E-state index contributed by atoms with van der Waals surface area (Å²) in [5.74, 6) is 0. The normalized spacial score (nSPS) is 19.0. The Morgan fingerprint density at radius 2 is 1.39 bits per heavy atom. The van der Waals surface area contributed by atoms with Crippen molar-refractivity contribution >= 4 is 7.92 Å². The highest BCUT2D eigenvalue weighted by atomic mass is 31.1. The number of unbranched alkanes of at least 4 members (excludes halogenated alkanes) is 5. The standard InChI is InChI=1S/C17H35P/c1-3-5-6-7-8-12-16-18(15-4-2)17-13-10-9-11-14-17/h17H,3-16H2,1-2H3. The van der Waals surface area contributed by atoms with Crippen molar-refractivity contribution in [2.24, 2.45) is 0 Å². The quantitative estimate of drug-likeness (QED) is 0.311. The molecule has 1 fully saturated rings. The molecular weight excluding hydrogens is 235 g/mol. The summed E-state index contributed by atoms with van der Waals surface area (Å²) in [7, 11) is 0.397. The molecule has 0 N–H and O–H groups in total. The van der Waals surface area contributed by atoms with Crippen molar-refractivity contribution in [2.75, 3.05) is 12.3 Å². The van der Waals surface area contributed by atoms with Crippen LogP contribution in [-0.2, 0) is 0 Å². The van der Waals surface area contributed by atoms with Crippen LogP contribution in [0.25, 0.3) is 0 Å². The van der Waals surface area contributed by atoms with Crippen LogP contribution in [0.3, 0.4) is 0 Å². The fourth-order valence-electron chi connectivity index (χ4n) is 3.31. The number of rotatable bonds is 10. The molecule has 0 saturated heterocycles. The van der Waals surface area contributed by atoms with Crippen molar-refractivity contribution in [3.8, 4) is 0 Å². The molecule has 1 heteroatoms. The Labute approximate surface area is 117 Å². The van der Waals surface area contributed by atoms with Crippen LogP contribution in [0.2, 0.25) is 0 Å². The van der Waals surface area contributed by atoms with Gasteiger partial charge >= 0.3 is 0 Å². The maximum atomic E-state index is 2.39. The molecule has 0 aliphatic heterocycles. The molecule has 1 saturated carbocycles. The highest BCUT2D eigenvalue weighted by Gasteiger charge is 2.21. The minimum absolute atomic E-state index is 0.397. The topological polar surface area (TPSA) is 0 Å². The summed E-state index contributed by atoms with van der Waals surface area (Å²) in [6.45, 7) is 4.70. The number of hydrogen-bond acceptors (Lipinski definition) is 0. The maximum Gasteiger partial charge on any atom is -0.0209 e. The third-order valence-corrected chi connectivity index (χ3v) is 7.86. The Morgan fingerprint density at radius 1 is 0.722 bits per heavy atom. The molecule has 0 aromatic carbocycles. The van der Waals surface area contributed by atoms with Gasteiger partial charge in [0.1, 0.15) is 0 Å². The molecule has 108 valence electrons. The third-order valence-electron chi connectivity index (χ3n) is 4.40. The second kappa shape index (κ2) is 11.3. The zero-order chi connectivity index (χ0) is 13.1. The van der Waals surface area contributed by atoms with E-state index in [9.17, 15) is 0 Å². The molecule has 0 radical (unpaired) electrons. The van der Waals surface area contributed by atoms with Gasteiger partial charge in [-0.05, 0) is 37.2 Å². The van der Waals surface area contributed by atoms with Crippen LogP contribution >= 0.6 is 7.92 Å². The number of hydrogen-bond donors (Lipinski definition) is 0. The first kappa shape index (κ1) is 16.5. The van der Waals surface area contributed by atoms with Gasteiger partial charge in [-0.3, -0.25) is 0 Å². The fourth-order valence-corrected chi connectivity index (χ4v) is 6.56. The van der Waals surface area contributed by atoms with Crippen molar-refractivity contribution in [1.82, 2.24) is 0 Å². The van der Waals surface area contributed by atoms with E-state index < -0.39 is 0 Å². The van der Waals surface area contributed by atoms with Crippen LogP contribution in [0.4, 0.5) is 0 Å². The van der Waals surface area contributed by atoms with Crippen LogP contribution in [0.5, 0.6) is 0 Å². The summed E-state index contributed by atoms with van der Waals surface area (Å²) in [5.41, 5.74) is 1.16. The van der Waals surface area contributed by atoms with Gasteiger partial charge in [-0.15, -0.1) is 7.92 Å². The molecule has 1 aliphatic carbocycles. The van der Waals surface area contributed by atoms with Crippen molar-refractivity contribution < 1.29 is 0 Å². The molecular formula is C17H35P. The third kappa shape index (κ3) is 7.13. The van der Waals surface area contributed by atoms with E-state index in [-0.39, 0.29) is 0 Å². The van der Waals surface area contributed by atoms with Crippen LogP contribution < -0.4 is 0 Å². The average Bonchev–Trinajstić information content (AvgIpc) is 2.42. The molecule has 0 aromatic rings. The van der Waals surface area contributed by atoms with Crippen molar-refractivity contribution in [3.63, 3.8) is 0 Å². The van der Waals surface area contributed by atoms with E-state index in [1.165, 1.54) is 64.2 Å². The van der Waals surface area contributed by atoms with Crippen LogP contribution in [0.1, 0.15) is 90.9 Å². The largest absolute Gasteiger partial charge is 0.104 e. The summed E-state index contributed by atoms with van der Waals surface area (Å²) in [6.07, 6.45) is 21.2. The van der Waals surface area contributed by atoms with Gasteiger partial charge in [0.05, 0.1) is 0 Å². The van der Waals surface area contributed by atoms with Crippen LogP contribution in [-0.4, -0.2) is 18.0 Å². The smallest absolute Gasteiger partial charge is 0.0209 e. The lowest BCUT2D eigenvalue weighted by molar-refractivity contribution is 0.509. The molecule has 18 heavy (non-hydrogen) atoms. The minimum atomic E-state index is 0.397. The second-order valence-electron chi connectivity index (χ2n) is 6.10. The molecule has 1 rings (SSSR count). The van der Waals surface area contributed by atoms with Crippen LogP contribution in [0, 0.1) is 0 Å². The maximum absolute atomic E-state index is 2.39. The minimum Gasteiger partial charge on any atom is -0.104 e. The van der Waals surface area contributed by atoms with E-state index in [1.807, 2.05) is 0 Å². The van der Waals surface area contributed by atoms with E-state index >= 15 is 0 Å². The summed E-state index contributed by atoms with van der Waals surface area (Å²) in [4.78, 5) is 0. The molecule has 0 bridgehead atoms. The molecule has 0 amide bonds. The SMILES string of the molecule is CCCCCCCCP(CCC)C1CCCCC1. The Hall–Kier alpha value is 0.430. The van der Waals surface area contributed by atoms with Gasteiger partial charge < -0.3 is 0 Å². The van der Waals surface area contributed by atoms with Crippen LogP contribution in [0.15, 0.2) is 0 Å². The van der Waals surface area contributed by atoms with E-state index in [4.69, 9.17) is 0 Å². The van der Waals surface area contributed by atoms with Gasteiger partial charge in [0, 0.05) is 0 Å². The van der Waals surface area contributed by atoms with Crippen molar-refractivity contribution in [2.45, 2.75) is 96.6 Å². The lowest BCUT2D eigenvalue weighted by Gasteiger charge is -2.31. The lowest BCUT2D eigenvalue weighted by atomic mass is 10.0. The van der Waals surface area contributed by atoms with Crippen molar-refractivity contribution in [3.05, 3.63) is 0 Å². The fraction of sp³-hybridized carbons (Fsp3) is 1.00. The summed E-state index contributed by atoms with van der Waals surface area (Å²) in [6, 6.07) is 0. The Bertz CT molecular complexity index is 172. The van der Waals surface area contributed by atoms with Gasteiger partial charge in [0.15, 0.2) is 0 Å². The Balaban J connectivity index is 2.12.